The fourth-order valence-electron chi connectivity index (χ4n) is 16.0. The Morgan fingerprint density at radius 1 is 0.471 bits per heavy atom. The molecular formula is C66H66BNO2. The summed E-state index contributed by atoms with van der Waals surface area (Å²) in [7, 11) is 0. The topological polar surface area (TPSA) is 23.4 Å². The van der Waals surface area contributed by atoms with Gasteiger partial charge in [0.25, 0.3) is 6.71 Å². The van der Waals surface area contributed by atoms with Crippen LogP contribution >= 0.6 is 0 Å². The molecule has 4 heterocycles. The summed E-state index contributed by atoms with van der Waals surface area (Å²) in [6, 6.07) is 29.3. The lowest BCUT2D eigenvalue weighted by Crippen LogP contribution is -2.65. The van der Waals surface area contributed by atoms with Crippen LogP contribution in [0.2, 0.25) is 0 Å². The Bertz CT molecular complexity index is 3690. The zero-order valence-corrected chi connectivity index (χ0v) is 44.2. The second-order valence-corrected chi connectivity index (χ2v) is 25.5. The quantitative estimate of drug-likeness (QED) is 0.161. The van der Waals surface area contributed by atoms with Gasteiger partial charge in [-0.15, -0.1) is 0 Å². The summed E-state index contributed by atoms with van der Waals surface area (Å²) in [6.45, 7) is 35.7. The van der Waals surface area contributed by atoms with E-state index >= 15 is 0 Å². The molecule has 0 bridgehead atoms. The Balaban J connectivity index is 1.13. The first-order valence-electron chi connectivity index (χ1n) is 26.3. The molecule has 0 fully saturated rings. The number of nitrogens with zero attached hydrogens (tertiary/aromatic N) is 1. The molecule has 70 heavy (non-hydrogen) atoms. The first-order chi connectivity index (χ1) is 33.1. The van der Waals surface area contributed by atoms with Gasteiger partial charge in [-0.3, -0.25) is 0 Å². The molecule has 350 valence electrons. The number of fused-ring (bicyclic) bond motifs is 8. The van der Waals surface area contributed by atoms with Crippen molar-refractivity contribution < 1.29 is 9.47 Å². The molecule has 0 N–H and O–H groups in total. The van der Waals surface area contributed by atoms with Crippen molar-refractivity contribution in [3.63, 3.8) is 0 Å². The zero-order valence-electron chi connectivity index (χ0n) is 44.2. The van der Waals surface area contributed by atoms with E-state index in [1.807, 2.05) is 0 Å². The molecule has 6 aliphatic rings. The number of ether oxygens (including phenoxy) is 2. The molecule has 7 aromatic carbocycles. The molecule has 14 rings (SSSR count). The minimum Gasteiger partial charge on any atom is -0.458 e. The first-order valence-corrected chi connectivity index (χ1v) is 26.3. The van der Waals surface area contributed by atoms with Crippen molar-refractivity contribution in [3.05, 3.63) is 162 Å². The SMILES string of the molecule is Cc1cc(C)c2c(c1)-c1cc(C)cc(C)c1C2c1cc2c3c(c1)C(C)(C)c1cc(-n4c5c(C)cc(C)cc5c5cc(C)cc(C)c54)cc4c1B3c1c(c3c5c(c1O4)C(C)(C)CCC5(C)CCC3(C)C)O2. The number of aromatic nitrogens is 1. The van der Waals surface area contributed by atoms with Gasteiger partial charge < -0.3 is 14.0 Å². The highest BCUT2D eigenvalue weighted by atomic mass is 16.5. The fourth-order valence-corrected chi connectivity index (χ4v) is 16.0. The minimum atomic E-state index is -0.400. The van der Waals surface area contributed by atoms with Crippen molar-refractivity contribution in [1.29, 1.82) is 0 Å². The minimum absolute atomic E-state index is 0.0225. The van der Waals surface area contributed by atoms with E-state index in [4.69, 9.17) is 9.47 Å². The summed E-state index contributed by atoms with van der Waals surface area (Å²) in [4.78, 5) is 0. The standard InChI is InChI=1S/C66H66BNO2/c1-32-20-36(5)50-42(24-32)43-25-33(2)21-37(6)51(43)52(50)40-28-46-56-48(29-40)69-61-54-53-55(64(11,12)17-19-66(53,15)18-16-63(54,9)10)62-58(61)67(56)57-47(65(46,13)14)30-41(31-49(57)70-62)68-59-38(7)22-34(3)26-44(59)45-27-35(4)23-39(8)60(45)68/h20-31,52H,16-19H2,1-15H3. The van der Waals surface area contributed by atoms with E-state index in [2.05, 4.69) is 181 Å². The van der Waals surface area contributed by atoms with Crippen LogP contribution < -0.4 is 25.9 Å². The van der Waals surface area contributed by atoms with E-state index in [0.29, 0.717) is 0 Å². The van der Waals surface area contributed by atoms with Gasteiger partial charge in [-0.25, -0.2) is 0 Å². The van der Waals surface area contributed by atoms with Crippen molar-refractivity contribution in [2.45, 2.75) is 157 Å². The highest BCUT2D eigenvalue weighted by Crippen LogP contribution is 2.63. The Morgan fingerprint density at radius 3 is 1.44 bits per heavy atom. The van der Waals surface area contributed by atoms with E-state index in [1.54, 1.807) is 0 Å². The average Bonchev–Trinajstić information content (AvgIpc) is 3.79. The second-order valence-electron chi connectivity index (χ2n) is 25.5. The summed E-state index contributed by atoms with van der Waals surface area (Å²) in [5, 5.41) is 2.63. The second kappa shape index (κ2) is 13.3. The average molecular weight is 916 g/mol. The number of hydrogen-bond acceptors (Lipinski definition) is 2. The zero-order chi connectivity index (χ0) is 48.8. The first kappa shape index (κ1) is 42.8. The third kappa shape index (κ3) is 5.23. The molecule has 3 aliphatic heterocycles. The van der Waals surface area contributed by atoms with E-state index in [0.717, 1.165) is 35.8 Å². The van der Waals surface area contributed by atoms with Gasteiger partial charge in [-0.1, -0.05) is 113 Å². The number of rotatable bonds is 2. The van der Waals surface area contributed by atoms with Crippen molar-refractivity contribution in [2.75, 3.05) is 0 Å². The van der Waals surface area contributed by atoms with E-state index in [-0.39, 0.29) is 28.9 Å². The normalized spacial score (nSPS) is 20.0. The molecule has 1 unspecified atom stereocenters. The van der Waals surface area contributed by atoms with Gasteiger partial charge in [0, 0.05) is 44.8 Å². The van der Waals surface area contributed by atoms with Crippen LogP contribution in [-0.2, 0) is 21.7 Å². The third-order valence-corrected chi connectivity index (χ3v) is 19.1. The number of aryl methyl sites for hydroxylation is 8. The maximum Gasteiger partial charge on any atom is 0.261 e. The summed E-state index contributed by atoms with van der Waals surface area (Å²) in [5.41, 5.74) is 31.8. The molecule has 0 radical (unpaired) electrons. The van der Waals surface area contributed by atoms with Crippen LogP contribution in [0, 0.1) is 55.4 Å². The summed E-state index contributed by atoms with van der Waals surface area (Å²) >= 11 is 0. The van der Waals surface area contributed by atoms with Gasteiger partial charge in [-0.05, 0) is 199 Å². The van der Waals surface area contributed by atoms with Gasteiger partial charge in [0.2, 0.25) is 0 Å². The van der Waals surface area contributed by atoms with Crippen molar-refractivity contribution in [3.8, 4) is 39.8 Å². The summed E-state index contributed by atoms with van der Waals surface area (Å²) in [5.74, 6) is 4.26. The predicted molar refractivity (Wildman–Crippen MR) is 293 cm³/mol. The molecule has 1 atom stereocenters. The molecule has 3 nitrogen and oxygen atoms in total. The maximum absolute atomic E-state index is 7.88. The Hall–Kier alpha value is -6.00. The molecule has 0 saturated heterocycles. The third-order valence-electron chi connectivity index (χ3n) is 19.1. The van der Waals surface area contributed by atoms with Gasteiger partial charge in [0.15, 0.2) is 0 Å². The maximum atomic E-state index is 7.88. The van der Waals surface area contributed by atoms with E-state index in [1.165, 1.54) is 157 Å². The van der Waals surface area contributed by atoms with Crippen LogP contribution in [0.3, 0.4) is 0 Å². The van der Waals surface area contributed by atoms with Crippen molar-refractivity contribution in [2.24, 2.45) is 0 Å². The molecule has 0 amide bonds. The smallest absolute Gasteiger partial charge is 0.261 e. The highest BCUT2D eigenvalue weighted by Gasteiger charge is 2.57. The van der Waals surface area contributed by atoms with Crippen LogP contribution in [0.1, 0.15) is 169 Å². The summed E-state index contributed by atoms with van der Waals surface area (Å²) < 4.78 is 18.3. The molecule has 4 heteroatoms. The van der Waals surface area contributed by atoms with Gasteiger partial charge in [0.1, 0.15) is 23.0 Å². The fraction of sp³-hybridized carbons (Fsp3) is 0.364. The molecule has 8 aromatic rings. The largest absolute Gasteiger partial charge is 0.458 e. The molecule has 0 saturated carbocycles. The van der Waals surface area contributed by atoms with Gasteiger partial charge >= 0.3 is 0 Å². The van der Waals surface area contributed by atoms with Crippen molar-refractivity contribution in [1.82, 2.24) is 4.57 Å². The van der Waals surface area contributed by atoms with Crippen molar-refractivity contribution >= 4 is 44.9 Å². The Morgan fingerprint density at radius 2 is 0.929 bits per heavy atom. The Kier molecular flexibility index (Phi) is 8.13. The molecule has 0 spiro atoms. The molecule has 1 aromatic heterocycles. The molecular weight excluding hydrogens is 850 g/mol. The van der Waals surface area contributed by atoms with Crippen LogP contribution in [0.15, 0.2) is 72.8 Å². The van der Waals surface area contributed by atoms with E-state index < -0.39 is 5.41 Å². The lowest BCUT2D eigenvalue weighted by atomic mass is 9.29. The lowest BCUT2D eigenvalue weighted by Gasteiger charge is -2.54. The number of benzene rings is 7. The van der Waals surface area contributed by atoms with Crippen LogP contribution in [0.5, 0.6) is 23.0 Å². The molecule has 3 aliphatic carbocycles. The Labute approximate surface area is 415 Å². The van der Waals surface area contributed by atoms with E-state index in [9.17, 15) is 0 Å². The lowest BCUT2D eigenvalue weighted by molar-refractivity contribution is 0.233. The number of hydrogen-bond donors (Lipinski definition) is 0. The van der Waals surface area contributed by atoms with Gasteiger partial charge in [0.05, 0.1) is 16.7 Å². The van der Waals surface area contributed by atoms with Crippen LogP contribution in [0.25, 0.3) is 38.6 Å². The highest BCUT2D eigenvalue weighted by molar-refractivity contribution is 6.99. The van der Waals surface area contributed by atoms with Crippen LogP contribution in [-0.4, -0.2) is 11.3 Å². The predicted octanol–water partition coefficient (Wildman–Crippen LogP) is 15.2. The monoisotopic (exact) mass is 916 g/mol. The van der Waals surface area contributed by atoms with Gasteiger partial charge in [-0.2, -0.15) is 0 Å². The van der Waals surface area contributed by atoms with Crippen LogP contribution in [0.4, 0.5) is 0 Å². The summed E-state index contributed by atoms with van der Waals surface area (Å²) in [6.07, 6.45) is 4.61.